The van der Waals surface area contributed by atoms with Crippen LogP contribution >= 0.6 is 11.3 Å². The summed E-state index contributed by atoms with van der Waals surface area (Å²) >= 11 is 1.30. The van der Waals surface area contributed by atoms with Gasteiger partial charge in [0.15, 0.2) is 0 Å². The summed E-state index contributed by atoms with van der Waals surface area (Å²) in [6.07, 6.45) is 0.787. The smallest absolute Gasteiger partial charge is 0.258 e. The molecule has 0 saturated carbocycles. The number of nitrogens with one attached hydrogen (secondary N) is 1. The van der Waals surface area contributed by atoms with Crippen molar-refractivity contribution in [1.29, 1.82) is 0 Å². The zero-order chi connectivity index (χ0) is 14.8. The van der Waals surface area contributed by atoms with Gasteiger partial charge in [0.1, 0.15) is 5.51 Å². The standard InChI is InChI=1S/C15H14N4OS/c1-3-11-9(2)13(10-6-4-5-7-12(10)17-11)14(20)18-15-19-16-8-21-15/h4-8H,3H2,1-2H3,(H,18,19,20). The van der Waals surface area contributed by atoms with E-state index in [9.17, 15) is 4.79 Å². The highest BCUT2D eigenvalue weighted by Gasteiger charge is 2.18. The largest absolute Gasteiger partial charge is 0.296 e. The van der Waals surface area contributed by atoms with Crippen molar-refractivity contribution >= 4 is 33.3 Å². The Hall–Kier alpha value is -2.34. The van der Waals surface area contributed by atoms with Gasteiger partial charge in [-0.05, 0) is 25.0 Å². The number of nitrogens with zero attached hydrogens (tertiary/aromatic N) is 3. The third kappa shape index (κ3) is 2.50. The number of fused-ring (bicyclic) bond motifs is 1. The average molecular weight is 298 g/mol. The van der Waals surface area contributed by atoms with E-state index in [4.69, 9.17) is 0 Å². The number of carbonyl (C=O) groups excluding carboxylic acids is 1. The van der Waals surface area contributed by atoms with Crippen molar-refractivity contribution < 1.29 is 4.79 Å². The fraction of sp³-hybridized carbons (Fsp3) is 0.200. The van der Waals surface area contributed by atoms with E-state index in [1.807, 2.05) is 38.1 Å². The van der Waals surface area contributed by atoms with Gasteiger partial charge in [-0.2, -0.15) is 0 Å². The molecule has 3 rings (SSSR count). The summed E-state index contributed by atoms with van der Waals surface area (Å²) in [6, 6.07) is 7.69. The first-order valence-electron chi connectivity index (χ1n) is 6.66. The lowest BCUT2D eigenvalue weighted by atomic mass is 9.99. The third-order valence-electron chi connectivity index (χ3n) is 3.38. The normalized spacial score (nSPS) is 10.8. The molecular formula is C15H14N4OS. The van der Waals surface area contributed by atoms with Gasteiger partial charge in [0, 0.05) is 11.1 Å². The number of hydrogen-bond acceptors (Lipinski definition) is 5. The predicted molar refractivity (Wildman–Crippen MR) is 83.7 cm³/mol. The highest BCUT2D eigenvalue weighted by molar-refractivity contribution is 7.13. The first-order valence-corrected chi connectivity index (χ1v) is 7.54. The Morgan fingerprint density at radius 1 is 1.33 bits per heavy atom. The van der Waals surface area contributed by atoms with Crippen molar-refractivity contribution in [2.45, 2.75) is 20.3 Å². The van der Waals surface area contributed by atoms with Crippen LogP contribution in [0.25, 0.3) is 10.9 Å². The van der Waals surface area contributed by atoms with Crippen LogP contribution in [-0.4, -0.2) is 21.1 Å². The number of anilines is 1. The number of rotatable bonds is 3. The Morgan fingerprint density at radius 3 is 2.86 bits per heavy atom. The van der Waals surface area contributed by atoms with Crippen molar-refractivity contribution in [1.82, 2.24) is 15.2 Å². The Morgan fingerprint density at radius 2 is 2.14 bits per heavy atom. The van der Waals surface area contributed by atoms with Crippen LogP contribution < -0.4 is 5.32 Å². The van der Waals surface area contributed by atoms with Gasteiger partial charge in [0.05, 0.1) is 11.1 Å². The first-order chi connectivity index (χ1) is 10.2. The molecule has 1 aromatic carbocycles. The summed E-state index contributed by atoms with van der Waals surface area (Å²) in [5.74, 6) is -0.169. The second-order valence-electron chi connectivity index (χ2n) is 4.63. The van der Waals surface area contributed by atoms with Crippen LogP contribution in [0.4, 0.5) is 5.13 Å². The Kier molecular flexibility index (Phi) is 3.62. The number of para-hydroxylation sites is 1. The highest BCUT2D eigenvalue weighted by Crippen LogP contribution is 2.24. The number of carbonyl (C=O) groups is 1. The van der Waals surface area contributed by atoms with Gasteiger partial charge < -0.3 is 0 Å². The Labute approximate surface area is 126 Å². The lowest BCUT2D eigenvalue weighted by molar-refractivity contribution is 0.102. The molecule has 1 N–H and O–H groups in total. The molecule has 5 nitrogen and oxygen atoms in total. The summed E-state index contributed by atoms with van der Waals surface area (Å²) in [5.41, 5.74) is 4.94. The molecule has 0 spiro atoms. The van der Waals surface area contributed by atoms with Gasteiger partial charge in [0.2, 0.25) is 5.13 Å². The molecular weight excluding hydrogens is 284 g/mol. The molecule has 21 heavy (non-hydrogen) atoms. The van der Waals surface area contributed by atoms with E-state index < -0.39 is 0 Å². The van der Waals surface area contributed by atoms with Gasteiger partial charge in [0.25, 0.3) is 5.91 Å². The molecule has 0 radical (unpaired) electrons. The van der Waals surface area contributed by atoms with Crippen LogP contribution in [0.1, 0.15) is 28.5 Å². The minimum Gasteiger partial charge on any atom is -0.296 e. The van der Waals surface area contributed by atoms with E-state index in [-0.39, 0.29) is 5.91 Å². The molecule has 1 amide bonds. The van der Waals surface area contributed by atoms with Gasteiger partial charge >= 0.3 is 0 Å². The second-order valence-corrected chi connectivity index (χ2v) is 5.46. The van der Waals surface area contributed by atoms with Crippen molar-refractivity contribution in [2.75, 3.05) is 5.32 Å². The molecule has 2 aromatic heterocycles. The van der Waals surface area contributed by atoms with Crippen molar-refractivity contribution in [3.63, 3.8) is 0 Å². The Bertz CT molecular complexity index is 799. The zero-order valence-electron chi connectivity index (χ0n) is 11.8. The van der Waals surface area contributed by atoms with Crippen molar-refractivity contribution in [3.05, 3.63) is 46.6 Å². The number of aryl methyl sites for hydroxylation is 1. The van der Waals surface area contributed by atoms with Gasteiger partial charge in [-0.1, -0.05) is 36.5 Å². The maximum absolute atomic E-state index is 12.6. The first kappa shape index (κ1) is 13.6. The number of benzene rings is 1. The van der Waals surface area contributed by atoms with E-state index in [0.29, 0.717) is 10.7 Å². The topological polar surface area (TPSA) is 67.8 Å². The van der Waals surface area contributed by atoms with Crippen LogP contribution in [0.5, 0.6) is 0 Å². The predicted octanol–water partition coefficient (Wildman–Crippen LogP) is 3.21. The monoisotopic (exact) mass is 298 g/mol. The number of amides is 1. The van der Waals surface area contributed by atoms with Crippen molar-refractivity contribution in [3.8, 4) is 0 Å². The van der Waals surface area contributed by atoms with Crippen LogP contribution in [0.2, 0.25) is 0 Å². The molecule has 0 saturated heterocycles. The van der Waals surface area contributed by atoms with E-state index >= 15 is 0 Å². The molecule has 3 aromatic rings. The molecule has 0 aliphatic rings. The Balaban J connectivity index is 2.15. The van der Waals surface area contributed by atoms with E-state index in [0.717, 1.165) is 28.6 Å². The third-order valence-corrected chi connectivity index (χ3v) is 3.99. The summed E-state index contributed by atoms with van der Waals surface area (Å²) < 4.78 is 0. The van der Waals surface area contributed by atoms with Crippen molar-refractivity contribution in [2.24, 2.45) is 0 Å². The molecule has 0 unspecified atom stereocenters. The lowest BCUT2D eigenvalue weighted by Gasteiger charge is -2.12. The van der Waals surface area contributed by atoms with Crippen LogP contribution in [-0.2, 0) is 6.42 Å². The zero-order valence-corrected chi connectivity index (χ0v) is 12.6. The second kappa shape index (κ2) is 5.57. The maximum Gasteiger partial charge on any atom is 0.258 e. The summed E-state index contributed by atoms with van der Waals surface area (Å²) in [6.45, 7) is 3.98. The minimum atomic E-state index is -0.169. The van der Waals surface area contributed by atoms with Crippen LogP contribution in [0.15, 0.2) is 29.8 Å². The maximum atomic E-state index is 12.6. The van der Waals surface area contributed by atoms with Gasteiger partial charge in [-0.15, -0.1) is 10.2 Å². The molecule has 6 heteroatoms. The summed E-state index contributed by atoms with van der Waals surface area (Å²) in [5, 5.41) is 11.7. The molecule has 0 bridgehead atoms. The molecule has 2 heterocycles. The van der Waals surface area contributed by atoms with Gasteiger partial charge in [-0.25, -0.2) is 0 Å². The molecule has 106 valence electrons. The number of aromatic nitrogens is 3. The summed E-state index contributed by atoms with van der Waals surface area (Å²) in [7, 11) is 0. The molecule has 0 aliphatic heterocycles. The lowest BCUT2D eigenvalue weighted by Crippen LogP contribution is -2.15. The van der Waals surface area contributed by atoms with Crippen LogP contribution in [0.3, 0.4) is 0 Å². The summed E-state index contributed by atoms with van der Waals surface area (Å²) in [4.78, 5) is 17.2. The number of hydrogen-bond donors (Lipinski definition) is 1. The minimum absolute atomic E-state index is 0.169. The van der Waals surface area contributed by atoms with E-state index in [1.54, 1.807) is 5.51 Å². The highest BCUT2D eigenvalue weighted by atomic mass is 32.1. The quantitative estimate of drug-likeness (QED) is 0.806. The molecule has 0 fully saturated rings. The van der Waals surface area contributed by atoms with E-state index in [2.05, 4.69) is 20.5 Å². The molecule has 0 atom stereocenters. The number of pyridine rings is 1. The average Bonchev–Trinajstić information content (AvgIpc) is 2.99. The molecule has 0 aliphatic carbocycles. The van der Waals surface area contributed by atoms with Gasteiger partial charge in [-0.3, -0.25) is 15.1 Å². The van der Waals surface area contributed by atoms with E-state index in [1.165, 1.54) is 11.3 Å². The fourth-order valence-corrected chi connectivity index (χ4v) is 2.82. The fourth-order valence-electron chi connectivity index (χ4n) is 2.38. The SMILES string of the molecule is CCc1nc2ccccc2c(C(=O)Nc2nncs2)c1C. The van der Waals surface area contributed by atoms with Crippen LogP contribution in [0, 0.1) is 6.92 Å².